The van der Waals surface area contributed by atoms with Crippen molar-refractivity contribution in [2.75, 3.05) is 66.8 Å². The van der Waals surface area contributed by atoms with Crippen molar-refractivity contribution in [2.45, 2.75) is 367 Å². The molecule has 13 aliphatic heterocycles. The summed E-state index contributed by atoms with van der Waals surface area (Å²) in [5, 5.41) is 11.5. The van der Waals surface area contributed by atoms with Crippen molar-refractivity contribution in [1.82, 2.24) is 0 Å². The molecule has 0 aromatic carbocycles. The monoisotopic (exact) mass is 1330 g/mol. The molecule has 0 nitrogen and oxygen atoms in total. The van der Waals surface area contributed by atoms with E-state index in [1.807, 2.05) is 0 Å². The lowest BCUT2D eigenvalue weighted by Gasteiger charge is -2.47. The summed E-state index contributed by atoms with van der Waals surface area (Å²) in [5.74, 6) is 17.7. The van der Waals surface area contributed by atoms with Crippen LogP contribution in [0.2, 0.25) is 0 Å². The Morgan fingerprint density at radius 1 is 0.172 bits per heavy atom. The number of fused-ring (bicyclic) bond motifs is 24. The molecule has 0 radical (unpaired) electrons. The minimum Gasteiger partial charge on any atom is -0.0529 e. The second-order valence-corrected chi connectivity index (χ2v) is 51.8. The predicted molar refractivity (Wildman–Crippen MR) is 412 cm³/mol. The van der Waals surface area contributed by atoms with Crippen molar-refractivity contribution in [3.05, 3.63) is 0 Å². The van der Waals surface area contributed by atoms with E-state index >= 15 is 0 Å². The summed E-state index contributed by atoms with van der Waals surface area (Å²) in [4.78, 5) is 0. The van der Waals surface area contributed by atoms with Gasteiger partial charge in [0.25, 0.3) is 0 Å². The van der Waals surface area contributed by atoms with Gasteiger partial charge in [-0.3, -0.25) is 0 Å². The molecule has 22 aliphatic rings. The molecule has 0 aromatic heterocycles. The van der Waals surface area contributed by atoms with Crippen LogP contribution in [0.3, 0.4) is 0 Å². The van der Waals surface area contributed by atoms with Crippen molar-refractivity contribution < 1.29 is 0 Å². The molecule has 13 saturated heterocycles. The zero-order valence-corrected chi connectivity index (χ0v) is 64.6. The Balaban J connectivity index is 0.000000105. The summed E-state index contributed by atoms with van der Waals surface area (Å²) in [7, 11) is 5.51. The third kappa shape index (κ3) is 20.8. The van der Waals surface area contributed by atoms with Gasteiger partial charge in [-0.05, 0) is 354 Å². The maximum absolute atomic E-state index is 2.54. The number of rotatable bonds is 0. The van der Waals surface area contributed by atoms with Gasteiger partial charge in [-0.2, -0.15) is 0 Å². The van der Waals surface area contributed by atoms with Crippen LogP contribution in [0, 0.1) is 59.2 Å². The zero-order valence-electron chi connectivity index (χ0n) is 58.9. The Morgan fingerprint density at radius 3 is 0.793 bits per heavy atom. The minimum absolute atomic E-state index is 0.744. The molecule has 87 heavy (non-hydrogen) atoms. The number of hydrogen-bond acceptors (Lipinski definition) is 0. The summed E-state index contributed by atoms with van der Waals surface area (Å²) in [6, 6.07) is 0. The first-order valence-electron chi connectivity index (χ1n) is 39.8. The van der Waals surface area contributed by atoms with Gasteiger partial charge in [0.1, 0.15) is 75.5 Å². The van der Waals surface area contributed by atoms with Crippen LogP contribution in [0.4, 0.5) is 0 Å². The van der Waals surface area contributed by atoms with E-state index < -0.39 is 0 Å². The Kier molecular flexibility index (Phi) is 29.5. The minimum atomic E-state index is 0.744. The average Bonchev–Trinajstić information content (AvgIpc) is 2.12. The van der Waals surface area contributed by atoms with Gasteiger partial charge in [-0.1, -0.05) is 83.5 Å². The van der Waals surface area contributed by atoms with Gasteiger partial charge in [0.05, 0.1) is 43.8 Å². The largest absolute Gasteiger partial charge is 0.121 e. The van der Waals surface area contributed by atoms with Gasteiger partial charge in [0.2, 0.25) is 0 Å². The normalized spacial score (nSPS) is 48.4. The van der Waals surface area contributed by atoms with Gasteiger partial charge in [0, 0.05) is 12.3 Å². The Hall–Kier alpha value is 2.45. The highest BCUT2D eigenvalue weighted by molar-refractivity contribution is 7.98. The van der Waals surface area contributed by atoms with E-state index in [0.717, 1.165) is 121 Å². The summed E-state index contributed by atoms with van der Waals surface area (Å²) in [6.07, 6.45) is 94.0. The molecule has 22 rings (SSSR count). The van der Waals surface area contributed by atoms with Crippen LogP contribution in [0.15, 0.2) is 0 Å². The standard InChI is InChI=1S/C14H27S.2C13H25S.C12H23S.C10H17S.2C9H15S/c1-15-12-6-9-13-7-2-4-10-14(15)11-5-3-8-13;1-14-11-10-12-6-2-4-8-13(14)9-5-3-7-12;1-14-11-5-8-12-6-2-3-9-13(14)10-4-7-12;1-13-10-4-7-11-5-2-8-12(13)9-3-6-11;1-11-9-3-7-2-8(5-9)6-10(11)4-7;1-10-8-2-6-3-9(10)5-7(6)4-8;1-10-8-3-6-2-7(5-8)9(10)4-6/h13-14H,2-12H2,1H3;2*12-13H,2-11H2,1H3;11-12H,2-10H2,1H3;7-10H,2-6H2,1H3;2*6-9H,2-5H2,1H3/q7*+1. The second-order valence-electron chi connectivity index (χ2n) is 34.4. The van der Waals surface area contributed by atoms with Crippen LogP contribution in [0.5, 0.6) is 0 Å². The first-order valence-corrected chi connectivity index (χ1v) is 52.6. The molecule has 0 amide bonds. The van der Waals surface area contributed by atoms with Gasteiger partial charge in [-0.25, -0.2) is 0 Å². The molecule has 11 atom stereocenters. The molecular weight excluding hydrogens is 1190 g/mol. The maximum atomic E-state index is 2.54. The zero-order chi connectivity index (χ0) is 60.1. The van der Waals surface area contributed by atoms with Crippen molar-refractivity contribution in [2.24, 2.45) is 59.2 Å². The highest BCUT2D eigenvalue weighted by Gasteiger charge is 2.60. The summed E-state index contributed by atoms with van der Waals surface area (Å²) < 4.78 is 0. The SMILES string of the molecule is C[S+]1C2CC3CC(C2)C1C3.C[S+]1C2CC3CC(C2)CC1C3.C[S+]1C2CC3CC1CC3C2.C[S+]1CCC2CCCCC1CCCC2.C[S+]1CCCC2CCCC1CCC2.C[S+]1CCCC2CCCCC1CCC2.C[S+]1CCCC2CCCCC1CCCC2. The summed E-state index contributed by atoms with van der Waals surface area (Å²) >= 11 is 0. The van der Waals surface area contributed by atoms with E-state index in [-0.39, 0.29) is 0 Å². The molecule has 9 saturated carbocycles. The van der Waals surface area contributed by atoms with E-state index in [1.54, 1.807) is 235 Å². The van der Waals surface area contributed by atoms with Crippen molar-refractivity contribution in [1.29, 1.82) is 0 Å². The second kappa shape index (κ2) is 36.3. The first kappa shape index (κ1) is 70.8. The number of hydrogen-bond donors (Lipinski definition) is 0. The Bertz CT molecular complexity index is 1800. The fourth-order valence-corrected chi connectivity index (χ4v) is 40.2. The van der Waals surface area contributed by atoms with E-state index in [9.17, 15) is 0 Å². The molecule has 0 aromatic rings. The fourth-order valence-electron chi connectivity index (χ4n) is 23.1. The van der Waals surface area contributed by atoms with Gasteiger partial charge >= 0.3 is 0 Å². The lowest BCUT2D eigenvalue weighted by atomic mass is 9.71. The molecule has 9 aliphatic carbocycles. The third-order valence-corrected chi connectivity index (χ3v) is 47.5. The molecule has 7 heteroatoms. The van der Waals surface area contributed by atoms with E-state index in [2.05, 4.69) is 43.8 Å². The summed E-state index contributed by atoms with van der Waals surface area (Å²) in [5.41, 5.74) is 0. The molecule has 20 bridgehead atoms. The quantitative estimate of drug-likeness (QED) is 0.212. The Morgan fingerprint density at radius 2 is 0.437 bits per heavy atom. The highest BCUT2D eigenvalue weighted by atomic mass is 32.2. The molecule has 0 N–H and O–H groups in total. The average molecular weight is 1330 g/mol. The maximum Gasteiger partial charge on any atom is 0.121 e. The molecule has 502 valence electrons. The molecule has 0 spiro atoms. The lowest BCUT2D eigenvalue weighted by Crippen LogP contribution is -2.50. The van der Waals surface area contributed by atoms with Crippen LogP contribution in [0.25, 0.3) is 0 Å². The molecular formula is C80H147S7+7. The van der Waals surface area contributed by atoms with Gasteiger partial charge in [0.15, 0.2) is 0 Å². The first-order chi connectivity index (χ1) is 42.5. The van der Waals surface area contributed by atoms with Gasteiger partial charge in [-0.15, -0.1) is 0 Å². The molecule has 13 heterocycles. The van der Waals surface area contributed by atoms with Gasteiger partial charge < -0.3 is 0 Å². The van der Waals surface area contributed by atoms with Crippen LogP contribution in [0.1, 0.15) is 315 Å². The van der Waals surface area contributed by atoms with Crippen LogP contribution >= 0.6 is 0 Å². The molecule has 11 unspecified atom stereocenters. The van der Waals surface area contributed by atoms with E-state index in [1.165, 1.54) is 170 Å². The topological polar surface area (TPSA) is 0 Å². The molecule has 22 fully saturated rings. The predicted octanol–water partition coefficient (Wildman–Crippen LogP) is 20.8. The van der Waals surface area contributed by atoms with Crippen molar-refractivity contribution >= 4 is 76.3 Å². The third-order valence-electron chi connectivity index (χ3n) is 28.7. The van der Waals surface area contributed by atoms with Crippen LogP contribution < -0.4 is 0 Å². The fraction of sp³-hybridized carbons (Fsp3) is 1.00. The Labute approximate surface area is 564 Å². The van der Waals surface area contributed by atoms with Crippen molar-refractivity contribution in [3.8, 4) is 0 Å². The lowest BCUT2D eigenvalue weighted by molar-refractivity contribution is 0.181. The highest BCUT2D eigenvalue weighted by Crippen LogP contribution is 2.56. The smallest absolute Gasteiger partial charge is 0.0529 e. The van der Waals surface area contributed by atoms with Crippen molar-refractivity contribution in [3.63, 3.8) is 0 Å². The van der Waals surface area contributed by atoms with E-state index in [4.69, 9.17) is 0 Å². The van der Waals surface area contributed by atoms with E-state index in [0.29, 0.717) is 0 Å². The van der Waals surface area contributed by atoms with Crippen LogP contribution in [-0.4, -0.2) is 119 Å². The van der Waals surface area contributed by atoms with Crippen LogP contribution in [-0.2, 0) is 76.3 Å². The summed E-state index contributed by atoms with van der Waals surface area (Å²) in [6.45, 7) is 0.